The number of hydrogen-bond donors (Lipinski definition) is 2. The van der Waals surface area contributed by atoms with Crippen LogP contribution in [0.3, 0.4) is 0 Å². The molecule has 0 unspecified atom stereocenters. The lowest BCUT2D eigenvalue weighted by Crippen LogP contribution is -2.20. The second-order valence-electron chi connectivity index (χ2n) is 4.22. The molecule has 18 heavy (non-hydrogen) atoms. The Morgan fingerprint density at radius 2 is 2.17 bits per heavy atom. The van der Waals surface area contributed by atoms with Gasteiger partial charge in [0.05, 0.1) is 30.2 Å². The number of hydrogen-bond acceptors (Lipinski definition) is 5. The Morgan fingerprint density at radius 3 is 2.83 bits per heavy atom. The van der Waals surface area contributed by atoms with Crippen LogP contribution in [0, 0.1) is 11.3 Å². The zero-order chi connectivity index (χ0) is 13.4. The summed E-state index contributed by atoms with van der Waals surface area (Å²) in [5.74, 6) is 0. The number of benzene rings is 1. The molecule has 0 aliphatic rings. The van der Waals surface area contributed by atoms with Crippen LogP contribution in [0.2, 0.25) is 0 Å². The molecule has 0 aliphatic carbocycles. The lowest BCUT2D eigenvalue weighted by molar-refractivity contribution is 0.126. The van der Waals surface area contributed by atoms with Crippen LogP contribution in [-0.4, -0.2) is 45.3 Å². The van der Waals surface area contributed by atoms with Gasteiger partial charge in [0.2, 0.25) is 0 Å². The molecule has 0 saturated carbocycles. The maximum absolute atomic E-state index is 8.85. The molecule has 0 aromatic heterocycles. The highest BCUT2D eigenvalue weighted by molar-refractivity contribution is 5.72. The number of rotatable bonds is 7. The SMILES string of the molecule is CN(C)CCOCCNc1cccc(C#N)c1N. The normalized spacial score (nSPS) is 10.3. The Bertz CT molecular complexity index is 412. The van der Waals surface area contributed by atoms with Crippen molar-refractivity contribution in [2.45, 2.75) is 0 Å². The van der Waals surface area contributed by atoms with Gasteiger partial charge in [-0.05, 0) is 26.2 Å². The summed E-state index contributed by atoms with van der Waals surface area (Å²) in [7, 11) is 4.02. The number of anilines is 2. The number of nitrogens with two attached hydrogens (primary N) is 1. The van der Waals surface area contributed by atoms with E-state index < -0.39 is 0 Å². The highest BCUT2D eigenvalue weighted by atomic mass is 16.5. The fourth-order valence-corrected chi connectivity index (χ4v) is 1.42. The van der Waals surface area contributed by atoms with Crippen molar-refractivity contribution in [2.75, 3.05) is 51.4 Å². The molecule has 3 N–H and O–H groups in total. The predicted molar refractivity (Wildman–Crippen MR) is 73.4 cm³/mol. The summed E-state index contributed by atoms with van der Waals surface area (Å²) < 4.78 is 5.45. The zero-order valence-corrected chi connectivity index (χ0v) is 10.9. The summed E-state index contributed by atoms with van der Waals surface area (Å²) in [5, 5.41) is 12.0. The van der Waals surface area contributed by atoms with Crippen LogP contribution >= 0.6 is 0 Å². The summed E-state index contributed by atoms with van der Waals surface area (Å²) in [5.41, 5.74) is 7.61. The number of ether oxygens (including phenoxy) is 1. The molecule has 1 aromatic carbocycles. The molecular formula is C13H20N4O. The minimum Gasteiger partial charge on any atom is -0.396 e. The molecule has 1 rings (SSSR count). The molecule has 0 heterocycles. The molecule has 0 radical (unpaired) electrons. The summed E-state index contributed by atoms with van der Waals surface area (Å²) in [6.07, 6.45) is 0. The van der Waals surface area contributed by atoms with Crippen molar-refractivity contribution in [3.63, 3.8) is 0 Å². The van der Waals surface area contributed by atoms with E-state index in [0.717, 1.165) is 12.2 Å². The number of nitrogens with one attached hydrogen (secondary N) is 1. The lowest BCUT2D eigenvalue weighted by Gasteiger charge is -2.12. The first-order valence-corrected chi connectivity index (χ1v) is 5.90. The van der Waals surface area contributed by atoms with Crippen molar-refractivity contribution in [1.29, 1.82) is 5.26 Å². The van der Waals surface area contributed by atoms with E-state index in [2.05, 4.69) is 16.3 Å². The van der Waals surface area contributed by atoms with E-state index in [-0.39, 0.29) is 0 Å². The van der Waals surface area contributed by atoms with Crippen LogP contribution in [0.1, 0.15) is 5.56 Å². The largest absolute Gasteiger partial charge is 0.396 e. The fraction of sp³-hybridized carbons (Fsp3) is 0.462. The highest BCUT2D eigenvalue weighted by Gasteiger charge is 2.03. The average molecular weight is 248 g/mol. The van der Waals surface area contributed by atoms with Gasteiger partial charge in [0, 0.05) is 13.1 Å². The monoisotopic (exact) mass is 248 g/mol. The number of likely N-dealkylation sites (N-methyl/N-ethyl adjacent to an activating group) is 1. The number of nitrogens with zero attached hydrogens (tertiary/aromatic N) is 2. The van der Waals surface area contributed by atoms with Gasteiger partial charge in [-0.1, -0.05) is 6.07 Å². The summed E-state index contributed by atoms with van der Waals surface area (Å²) in [4.78, 5) is 2.07. The van der Waals surface area contributed by atoms with Gasteiger partial charge < -0.3 is 20.7 Å². The van der Waals surface area contributed by atoms with Crippen LogP contribution in [0.4, 0.5) is 11.4 Å². The van der Waals surface area contributed by atoms with Gasteiger partial charge in [-0.3, -0.25) is 0 Å². The molecule has 5 nitrogen and oxygen atoms in total. The van der Waals surface area contributed by atoms with Gasteiger partial charge in [0.25, 0.3) is 0 Å². The Balaban J connectivity index is 2.30. The van der Waals surface area contributed by atoms with Crippen LogP contribution in [-0.2, 0) is 4.74 Å². The van der Waals surface area contributed by atoms with E-state index in [0.29, 0.717) is 31.0 Å². The fourth-order valence-electron chi connectivity index (χ4n) is 1.42. The summed E-state index contributed by atoms with van der Waals surface area (Å²) in [6.45, 7) is 2.91. The van der Waals surface area contributed by atoms with Crippen LogP contribution in [0.15, 0.2) is 18.2 Å². The van der Waals surface area contributed by atoms with E-state index in [4.69, 9.17) is 15.7 Å². The third-order valence-corrected chi connectivity index (χ3v) is 2.47. The Hall–Kier alpha value is -1.77. The molecule has 1 aromatic rings. The first-order chi connectivity index (χ1) is 8.65. The molecule has 98 valence electrons. The van der Waals surface area contributed by atoms with Crippen LogP contribution < -0.4 is 11.1 Å². The summed E-state index contributed by atoms with van der Waals surface area (Å²) >= 11 is 0. The molecule has 0 fully saturated rings. The second kappa shape index (κ2) is 7.54. The minimum absolute atomic E-state index is 0.494. The van der Waals surface area contributed by atoms with Crippen molar-refractivity contribution in [2.24, 2.45) is 0 Å². The first-order valence-electron chi connectivity index (χ1n) is 5.90. The van der Waals surface area contributed by atoms with Crippen molar-refractivity contribution in [3.05, 3.63) is 23.8 Å². The molecule has 0 aliphatic heterocycles. The third kappa shape index (κ3) is 4.62. The Labute approximate surface area is 108 Å². The lowest BCUT2D eigenvalue weighted by atomic mass is 10.1. The molecule has 0 saturated heterocycles. The number of nitriles is 1. The average Bonchev–Trinajstić information content (AvgIpc) is 2.35. The van der Waals surface area contributed by atoms with E-state index >= 15 is 0 Å². The third-order valence-electron chi connectivity index (χ3n) is 2.47. The number of para-hydroxylation sites is 1. The Kier molecular flexibility index (Phi) is 5.98. The zero-order valence-electron chi connectivity index (χ0n) is 10.9. The van der Waals surface area contributed by atoms with Gasteiger partial charge in [-0.25, -0.2) is 0 Å². The topological polar surface area (TPSA) is 74.3 Å². The van der Waals surface area contributed by atoms with E-state index in [1.807, 2.05) is 26.2 Å². The number of nitrogen functional groups attached to an aromatic ring is 1. The van der Waals surface area contributed by atoms with E-state index in [1.165, 1.54) is 0 Å². The van der Waals surface area contributed by atoms with Crippen molar-refractivity contribution >= 4 is 11.4 Å². The van der Waals surface area contributed by atoms with Crippen LogP contribution in [0.25, 0.3) is 0 Å². The van der Waals surface area contributed by atoms with Crippen LogP contribution in [0.5, 0.6) is 0 Å². The predicted octanol–water partition coefficient (Wildman–Crippen LogP) is 1.13. The van der Waals surface area contributed by atoms with E-state index in [9.17, 15) is 0 Å². The minimum atomic E-state index is 0.494. The molecule has 0 amide bonds. The molecule has 0 spiro atoms. The van der Waals surface area contributed by atoms with Crippen molar-refractivity contribution in [3.8, 4) is 6.07 Å². The quantitative estimate of drug-likeness (QED) is 0.559. The van der Waals surface area contributed by atoms with Crippen molar-refractivity contribution < 1.29 is 4.74 Å². The van der Waals surface area contributed by atoms with Crippen molar-refractivity contribution in [1.82, 2.24) is 4.90 Å². The molecular weight excluding hydrogens is 228 g/mol. The first kappa shape index (κ1) is 14.3. The molecule has 5 heteroatoms. The molecule has 0 atom stereocenters. The molecule has 0 bridgehead atoms. The second-order valence-corrected chi connectivity index (χ2v) is 4.22. The Morgan fingerprint density at radius 1 is 1.39 bits per heavy atom. The maximum Gasteiger partial charge on any atom is 0.101 e. The standard InChI is InChI=1S/C13H20N4O/c1-17(2)7-9-18-8-6-16-12-5-3-4-11(10-14)13(12)15/h3-5,16H,6-9,15H2,1-2H3. The smallest absolute Gasteiger partial charge is 0.101 e. The van der Waals surface area contributed by atoms with Gasteiger partial charge in [-0.15, -0.1) is 0 Å². The van der Waals surface area contributed by atoms with E-state index in [1.54, 1.807) is 6.07 Å². The highest BCUT2D eigenvalue weighted by Crippen LogP contribution is 2.21. The van der Waals surface area contributed by atoms with Gasteiger partial charge in [0.1, 0.15) is 6.07 Å². The van der Waals surface area contributed by atoms with Gasteiger partial charge in [-0.2, -0.15) is 5.26 Å². The summed E-state index contributed by atoms with van der Waals surface area (Å²) in [6, 6.07) is 7.43. The maximum atomic E-state index is 8.85. The van der Waals surface area contributed by atoms with Gasteiger partial charge >= 0.3 is 0 Å². The van der Waals surface area contributed by atoms with Gasteiger partial charge in [0.15, 0.2) is 0 Å².